The summed E-state index contributed by atoms with van der Waals surface area (Å²) in [4.78, 5) is 26.6. The molecule has 7 heteroatoms. The summed E-state index contributed by atoms with van der Waals surface area (Å²) in [5.74, 6) is 0.547. The van der Waals surface area contributed by atoms with Crippen molar-refractivity contribution in [2.45, 2.75) is 20.3 Å². The van der Waals surface area contributed by atoms with Crippen molar-refractivity contribution < 1.29 is 9.72 Å². The highest BCUT2D eigenvalue weighted by atomic mass is 16.6. The average molecular weight is 402 g/mol. The topological polar surface area (TPSA) is 92.2 Å². The van der Waals surface area contributed by atoms with Crippen molar-refractivity contribution in [3.8, 4) is 6.07 Å². The second-order valence-electron chi connectivity index (χ2n) is 8.16. The lowest BCUT2D eigenvalue weighted by Crippen LogP contribution is -2.39. The summed E-state index contributed by atoms with van der Waals surface area (Å²) in [6.45, 7) is 5.93. The van der Waals surface area contributed by atoms with Crippen LogP contribution in [0.25, 0.3) is 10.9 Å². The van der Waals surface area contributed by atoms with Gasteiger partial charge in [-0.05, 0) is 30.4 Å². The van der Waals surface area contributed by atoms with E-state index in [9.17, 15) is 20.2 Å². The third kappa shape index (κ3) is 3.41. The van der Waals surface area contributed by atoms with E-state index in [1.54, 1.807) is 24.3 Å². The number of aromatic nitrogens is 1. The van der Waals surface area contributed by atoms with Crippen LogP contribution in [-0.4, -0.2) is 28.5 Å². The first-order chi connectivity index (χ1) is 14.4. The molecule has 7 nitrogen and oxygen atoms in total. The lowest BCUT2D eigenvalue weighted by atomic mass is 9.91. The molecule has 30 heavy (non-hydrogen) atoms. The van der Waals surface area contributed by atoms with Crippen molar-refractivity contribution in [3.63, 3.8) is 0 Å². The lowest BCUT2D eigenvalue weighted by Gasteiger charge is -2.37. The Bertz CT molecular complexity index is 1180. The maximum atomic E-state index is 13.6. The molecule has 0 unspecified atom stereocenters. The number of anilines is 1. The highest BCUT2D eigenvalue weighted by Crippen LogP contribution is 2.32. The van der Waals surface area contributed by atoms with Gasteiger partial charge in [0.15, 0.2) is 0 Å². The summed E-state index contributed by atoms with van der Waals surface area (Å²) >= 11 is 0. The fourth-order valence-corrected chi connectivity index (χ4v) is 4.51. The number of non-ortho nitro benzene ring substituents is 1. The van der Waals surface area contributed by atoms with E-state index in [4.69, 9.17) is 0 Å². The number of piperidine rings is 1. The monoisotopic (exact) mass is 402 g/mol. The summed E-state index contributed by atoms with van der Waals surface area (Å²) in [5.41, 5.74) is 1.84. The molecule has 4 rings (SSSR count). The number of nitro groups is 1. The van der Waals surface area contributed by atoms with Gasteiger partial charge >= 0.3 is 0 Å². The molecule has 2 aromatic carbocycles. The maximum absolute atomic E-state index is 13.6. The maximum Gasteiger partial charge on any atom is 0.270 e. The molecule has 2 atom stereocenters. The molecule has 0 radical (unpaired) electrons. The van der Waals surface area contributed by atoms with Crippen molar-refractivity contribution >= 4 is 28.2 Å². The number of carbonyl (C=O) groups excluding carboxylic acids is 1. The molecule has 0 spiro atoms. The van der Waals surface area contributed by atoms with Crippen LogP contribution in [0, 0.1) is 33.3 Å². The Kier molecular flexibility index (Phi) is 5.00. The lowest BCUT2D eigenvalue weighted by molar-refractivity contribution is -0.384. The molecule has 0 amide bonds. The van der Waals surface area contributed by atoms with Gasteiger partial charge in [-0.25, -0.2) is 0 Å². The number of hydrogen-bond donors (Lipinski definition) is 0. The van der Waals surface area contributed by atoms with Gasteiger partial charge in [-0.15, -0.1) is 0 Å². The predicted molar refractivity (Wildman–Crippen MR) is 115 cm³/mol. The van der Waals surface area contributed by atoms with Gasteiger partial charge in [0, 0.05) is 36.8 Å². The zero-order valence-corrected chi connectivity index (χ0v) is 16.9. The van der Waals surface area contributed by atoms with E-state index >= 15 is 0 Å². The van der Waals surface area contributed by atoms with Crippen molar-refractivity contribution in [3.05, 3.63) is 69.9 Å². The molecular weight excluding hydrogens is 380 g/mol. The van der Waals surface area contributed by atoms with Crippen LogP contribution in [0.2, 0.25) is 0 Å². The zero-order valence-electron chi connectivity index (χ0n) is 16.9. The van der Waals surface area contributed by atoms with Crippen molar-refractivity contribution in [1.82, 2.24) is 4.57 Å². The summed E-state index contributed by atoms with van der Waals surface area (Å²) in [6, 6.07) is 13.8. The van der Waals surface area contributed by atoms with Gasteiger partial charge in [0.05, 0.1) is 27.3 Å². The Morgan fingerprint density at radius 1 is 1.17 bits per heavy atom. The standard InChI is InChI=1S/C23H22N4O3/c1-15-9-16(2)13-25(12-15)21-8-7-18(27(29)30)10-20(21)23(28)26-14-17(11-24)19-5-3-4-6-22(19)26/h3-8,10,14-16H,9,12-13H2,1-2H3/t15-,16+. The number of nitriles is 1. The molecule has 1 aliphatic rings. The van der Waals surface area contributed by atoms with Gasteiger partial charge in [-0.3, -0.25) is 19.5 Å². The molecule has 1 aromatic heterocycles. The normalized spacial score (nSPS) is 18.9. The number of hydrogen-bond acceptors (Lipinski definition) is 5. The van der Waals surface area contributed by atoms with Crippen molar-refractivity contribution in [1.29, 1.82) is 5.26 Å². The van der Waals surface area contributed by atoms with Crippen LogP contribution in [-0.2, 0) is 0 Å². The van der Waals surface area contributed by atoms with Gasteiger partial charge < -0.3 is 4.90 Å². The molecule has 0 saturated carbocycles. The van der Waals surface area contributed by atoms with Gasteiger partial charge in [0.2, 0.25) is 0 Å². The highest BCUT2D eigenvalue weighted by Gasteiger charge is 2.28. The minimum absolute atomic E-state index is 0.128. The third-order valence-corrected chi connectivity index (χ3v) is 5.68. The Morgan fingerprint density at radius 3 is 2.53 bits per heavy atom. The Labute approximate surface area is 174 Å². The van der Waals surface area contributed by atoms with Gasteiger partial charge in [0.25, 0.3) is 11.6 Å². The van der Waals surface area contributed by atoms with Gasteiger partial charge in [-0.1, -0.05) is 32.0 Å². The number of rotatable bonds is 3. The number of nitrogens with zero attached hydrogens (tertiary/aromatic N) is 4. The number of fused-ring (bicyclic) bond motifs is 1. The first-order valence-corrected chi connectivity index (χ1v) is 9.97. The molecule has 0 aliphatic carbocycles. The number of para-hydroxylation sites is 1. The fraction of sp³-hybridized carbons (Fsp3) is 0.304. The summed E-state index contributed by atoms with van der Waals surface area (Å²) < 4.78 is 1.42. The molecular formula is C23H22N4O3. The highest BCUT2D eigenvalue weighted by molar-refractivity contribution is 6.07. The Morgan fingerprint density at radius 2 is 1.87 bits per heavy atom. The quantitative estimate of drug-likeness (QED) is 0.472. The molecule has 1 saturated heterocycles. The van der Waals surface area contributed by atoms with E-state index in [-0.39, 0.29) is 17.2 Å². The molecule has 0 N–H and O–H groups in total. The van der Waals surface area contributed by atoms with Crippen LogP contribution in [0.5, 0.6) is 0 Å². The first kappa shape index (κ1) is 19.6. The third-order valence-electron chi connectivity index (χ3n) is 5.68. The summed E-state index contributed by atoms with van der Waals surface area (Å²) in [6.07, 6.45) is 2.62. The van der Waals surface area contributed by atoms with Gasteiger partial charge in [-0.2, -0.15) is 5.26 Å². The molecule has 2 heterocycles. The fourth-order valence-electron chi connectivity index (χ4n) is 4.51. The van der Waals surface area contributed by atoms with Crippen molar-refractivity contribution in [2.75, 3.05) is 18.0 Å². The van der Waals surface area contributed by atoms with Crippen molar-refractivity contribution in [2.24, 2.45) is 11.8 Å². The minimum atomic E-state index is -0.490. The number of carbonyl (C=O) groups is 1. The first-order valence-electron chi connectivity index (χ1n) is 9.97. The molecule has 0 bridgehead atoms. The van der Waals surface area contributed by atoms with E-state index in [2.05, 4.69) is 24.8 Å². The van der Waals surface area contributed by atoms with Crippen LogP contribution in [0.15, 0.2) is 48.7 Å². The Hall–Kier alpha value is -3.66. The van der Waals surface area contributed by atoms with Gasteiger partial charge in [0.1, 0.15) is 6.07 Å². The smallest absolute Gasteiger partial charge is 0.270 e. The van der Waals surface area contributed by atoms with E-state index in [0.29, 0.717) is 34.0 Å². The van der Waals surface area contributed by atoms with Crippen LogP contribution in [0.3, 0.4) is 0 Å². The predicted octanol–water partition coefficient (Wildman–Crippen LogP) is 4.59. The summed E-state index contributed by atoms with van der Waals surface area (Å²) in [5, 5.41) is 21.5. The van der Waals surface area contributed by atoms with Crippen LogP contribution >= 0.6 is 0 Å². The summed E-state index contributed by atoms with van der Waals surface area (Å²) in [7, 11) is 0. The Balaban J connectivity index is 1.87. The molecule has 1 fully saturated rings. The van der Waals surface area contributed by atoms with Crippen LogP contribution < -0.4 is 4.90 Å². The van der Waals surface area contributed by atoms with E-state index in [1.807, 2.05) is 6.07 Å². The molecule has 3 aromatic rings. The van der Waals surface area contributed by atoms with Crippen LogP contribution in [0.4, 0.5) is 11.4 Å². The average Bonchev–Trinajstić information content (AvgIpc) is 3.11. The van der Waals surface area contributed by atoms with E-state index in [1.165, 1.54) is 22.9 Å². The number of nitro benzene ring substituents is 1. The second-order valence-corrected chi connectivity index (χ2v) is 8.16. The second kappa shape index (κ2) is 7.64. The largest absolute Gasteiger partial charge is 0.370 e. The minimum Gasteiger partial charge on any atom is -0.370 e. The van der Waals surface area contributed by atoms with Crippen LogP contribution in [0.1, 0.15) is 36.2 Å². The zero-order chi connectivity index (χ0) is 21.4. The van der Waals surface area contributed by atoms with E-state index in [0.717, 1.165) is 19.5 Å². The molecule has 1 aliphatic heterocycles. The molecule has 152 valence electrons. The van der Waals surface area contributed by atoms with E-state index < -0.39 is 4.92 Å². The SMILES string of the molecule is C[C@@H]1C[C@H](C)CN(c2ccc([N+](=O)[O-])cc2C(=O)n2cc(C#N)c3ccccc32)C1. The number of benzene rings is 2.